The Labute approximate surface area is 191 Å². The first kappa shape index (κ1) is 22.2. The molecule has 31 heavy (non-hydrogen) atoms. The molecule has 1 saturated heterocycles. The minimum Gasteiger partial charge on any atom is -0.507 e. The molecule has 2 aromatic rings. The maximum absolute atomic E-state index is 11.2. The van der Waals surface area contributed by atoms with Crippen molar-refractivity contribution in [1.82, 2.24) is 9.88 Å². The van der Waals surface area contributed by atoms with Crippen molar-refractivity contribution < 1.29 is 5.11 Å². The third-order valence-corrected chi connectivity index (χ3v) is 7.55. The number of benzene rings is 1. The van der Waals surface area contributed by atoms with E-state index in [1.165, 1.54) is 5.56 Å². The number of aromatic nitrogens is 1. The number of fused-ring (bicyclic) bond motifs is 1. The van der Waals surface area contributed by atoms with Crippen molar-refractivity contribution in [2.45, 2.75) is 83.8 Å². The Morgan fingerprint density at radius 1 is 1.06 bits per heavy atom. The average Bonchev–Trinajstić information content (AvgIpc) is 3.26. The molecule has 0 saturated carbocycles. The van der Waals surface area contributed by atoms with Crippen LogP contribution in [0.3, 0.4) is 0 Å². The fraction of sp³-hybridized carbons (Fsp3) is 0.538. The van der Waals surface area contributed by atoms with E-state index in [2.05, 4.69) is 76.5 Å². The summed E-state index contributed by atoms with van der Waals surface area (Å²) in [5.41, 5.74) is 3.92. The summed E-state index contributed by atoms with van der Waals surface area (Å²) in [6.07, 6.45) is 2.95. The molecule has 2 aliphatic heterocycles. The molecular weight excluding hydrogens is 402 g/mol. The van der Waals surface area contributed by atoms with Crippen LogP contribution < -0.4 is 0 Å². The van der Waals surface area contributed by atoms with Crippen molar-refractivity contribution in [3.8, 4) is 5.75 Å². The van der Waals surface area contributed by atoms with Crippen molar-refractivity contribution in [2.24, 2.45) is 4.99 Å². The zero-order chi connectivity index (χ0) is 22.6. The Bertz CT molecular complexity index is 953. The third-order valence-electron chi connectivity index (χ3n) is 6.42. The molecule has 1 N–H and O–H groups in total. The van der Waals surface area contributed by atoms with Crippen molar-refractivity contribution >= 4 is 16.9 Å². The van der Waals surface area contributed by atoms with Crippen molar-refractivity contribution in [1.29, 1.82) is 0 Å². The number of hydrogen-bond acceptors (Lipinski definition) is 5. The molecule has 3 heterocycles. The van der Waals surface area contributed by atoms with Crippen LogP contribution in [0.1, 0.15) is 89.4 Å². The zero-order valence-corrected chi connectivity index (χ0v) is 20.6. The molecule has 1 aromatic heterocycles. The number of pyridine rings is 1. The molecule has 0 radical (unpaired) electrons. The molecule has 0 spiro atoms. The highest BCUT2D eigenvalue weighted by atomic mass is 32.2. The van der Waals surface area contributed by atoms with E-state index in [1.54, 1.807) is 0 Å². The molecule has 5 heteroatoms. The summed E-state index contributed by atoms with van der Waals surface area (Å²) in [5, 5.41) is 12.4. The number of thioether (sulfide) groups is 1. The summed E-state index contributed by atoms with van der Waals surface area (Å²) in [6.45, 7) is 15.3. The summed E-state index contributed by atoms with van der Waals surface area (Å²) in [7, 11) is 0. The summed E-state index contributed by atoms with van der Waals surface area (Å²) < 4.78 is 0. The van der Waals surface area contributed by atoms with Gasteiger partial charge in [0.25, 0.3) is 0 Å². The minimum atomic E-state index is -0.160. The van der Waals surface area contributed by atoms with Crippen molar-refractivity contribution in [3.05, 3.63) is 58.9 Å². The predicted octanol–water partition coefficient (Wildman–Crippen LogP) is 6.36. The second-order valence-corrected chi connectivity index (χ2v) is 11.8. The van der Waals surface area contributed by atoms with Crippen LogP contribution in [0.2, 0.25) is 0 Å². The number of aromatic hydroxyl groups is 1. The Morgan fingerprint density at radius 2 is 1.71 bits per heavy atom. The molecule has 0 aliphatic carbocycles. The van der Waals surface area contributed by atoms with Crippen LogP contribution in [-0.2, 0) is 10.8 Å². The normalized spacial score (nSPS) is 23.8. The van der Waals surface area contributed by atoms with Crippen LogP contribution in [0.4, 0.5) is 0 Å². The fourth-order valence-corrected chi connectivity index (χ4v) is 6.02. The molecule has 2 aliphatic rings. The van der Waals surface area contributed by atoms with Gasteiger partial charge in [-0.1, -0.05) is 66.3 Å². The van der Waals surface area contributed by atoms with Crippen LogP contribution in [0.15, 0.2) is 41.5 Å². The topological polar surface area (TPSA) is 48.7 Å². The third kappa shape index (κ3) is 3.97. The number of nitrogens with zero attached hydrogens (tertiary/aromatic N) is 3. The van der Waals surface area contributed by atoms with Gasteiger partial charge in [0.1, 0.15) is 11.8 Å². The highest BCUT2D eigenvalue weighted by Gasteiger charge is 2.46. The highest BCUT2D eigenvalue weighted by molar-refractivity contribution is 8.14. The lowest BCUT2D eigenvalue weighted by Gasteiger charge is -2.35. The van der Waals surface area contributed by atoms with Crippen LogP contribution in [0, 0.1) is 0 Å². The van der Waals surface area contributed by atoms with Crippen LogP contribution >= 0.6 is 11.8 Å². The number of amidine groups is 1. The molecule has 1 aromatic carbocycles. The van der Waals surface area contributed by atoms with E-state index in [1.807, 2.05) is 30.1 Å². The highest BCUT2D eigenvalue weighted by Crippen LogP contribution is 2.51. The first-order chi connectivity index (χ1) is 14.5. The first-order valence-electron chi connectivity index (χ1n) is 11.3. The van der Waals surface area contributed by atoms with E-state index in [0.717, 1.165) is 34.2 Å². The van der Waals surface area contributed by atoms with Gasteiger partial charge in [-0.2, -0.15) is 0 Å². The molecule has 4 rings (SSSR count). The largest absolute Gasteiger partial charge is 0.507 e. The molecule has 0 unspecified atom stereocenters. The maximum Gasteiger partial charge on any atom is 0.160 e. The van der Waals surface area contributed by atoms with Gasteiger partial charge < -0.3 is 10.0 Å². The SMILES string of the molecule is CC[C@@H]1CSC2=N[C@H](c3ccccn3)[C@H](c3cc(C(C)(C)C)c(O)c(C(C)(C)C)c3)N21. The average molecular weight is 438 g/mol. The Kier molecular flexibility index (Phi) is 5.61. The van der Waals surface area contributed by atoms with Gasteiger partial charge in [0.2, 0.25) is 0 Å². The Hall–Kier alpha value is -2.01. The molecule has 4 nitrogen and oxygen atoms in total. The number of rotatable bonds is 3. The van der Waals surface area contributed by atoms with E-state index in [4.69, 9.17) is 4.99 Å². The smallest absolute Gasteiger partial charge is 0.160 e. The number of hydrogen-bond donors (Lipinski definition) is 1. The van der Waals surface area contributed by atoms with E-state index in [0.29, 0.717) is 11.8 Å². The second kappa shape index (κ2) is 7.84. The van der Waals surface area contributed by atoms with Crippen molar-refractivity contribution in [3.63, 3.8) is 0 Å². The minimum absolute atomic E-state index is 0.0387. The van der Waals surface area contributed by atoms with Crippen LogP contribution in [0.25, 0.3) is 0 Å². The molecule has 0 bridgehead atoms. The molecule has 3 atom stereocenters. The lowest BCUT2D eigenvalue weighted by molar-refractivity contribution is 0.254. The van der Waals surface area contributed by atoms with E-state index in [-0.39, 0.29) is 22.9 Å². The van der Waals surface area contributed by atoms with Gasteiger partial charge in [-0.3, -0.25) is 9.98 Å². The van der Waals surface area contributed by atoms with Gasteiger partial charge in [-0.15, -0.1) is 0 Å². The summed E-state index contributed by atoms with van der Waals surface area (Å²) >= 11 is 1.86. The lowest BCUT2D eigenvalue weighted by Crippen LogP contribution is -2.35. The number of phenols is 1. The van der Waals surface area contributed by atoms with Gasteiger partial charge in [-0.05, 0) is 58.2 Å². The Balaban J connectivity index is 1.93. The van der Waals surface area contributed by atoms with Crippen LogP contribution in [0.5, 0.6) is 5.75 Å². The van der Waals surface area contributed by atoms with Gasteiger partial charge in [0.05, 0.1) is 11.7 Å². The van der Waals surface area contributed by atoms with Gasteiger partial charge >= 0.3 is 0 Å². The predicted molar refractivity (Wildman–Crippen MR) is 131 cm³/mol. The number of aliphatic imine (C=N–C) groups is 1. The molecule has 1 fully saturated rings. The molecule has 166 valence electrons. The fourth-order valence-electron chi connectivity index (χ4n) is 4.68. The summed E-state index contributed by atoms with van der Waals surface area (Å²) in [6, 6.07) is 11.1. The van der Waals surface area contributed by atoms with Crippen molar-refractivity contribution in [2.75, 3.05) is 5.75 Å². The molecular formula is C26H35N3OS. The second-order valence-electron chi connectivity index (χ2n) is 10.8. The van der Waals surface area contributed by atoms with Gasteiger partial charge in [0.15, 0.2) is 5.17 Å². The quantitative estimate of drug-likeness (QED) is 0.607. The van der Waals surface area contributed by atoms with Gasteiger partial charge in [-0.25, -0.2) is 0 Å². The van der Waals surface area contributed by atoms with E-state index in [9.17, 15) is 5.11 Å². The van der Waals surface area contributed by atoms with E-state index < -0.39 is 0 Å². The lowest BCUT2D eigenvalue weighted by atomic mass is 9.77. The van der Waals surface area contributed by atoms with Crippen LogP contribution in [-0.4, -0.2) is 32.0 Å². The van der Waals surface area contributed by atoms with E-state index >= 15 is 0 Å². The summed E-state index contributed by atoms with van der Waals surface area (Å²) in [5.74, 6) is 1.51. The summed E-state index contributed by atoms with van der Waals surface area (Å²) in [4.78, 5) is 12.4. The standard InChI is InChI=1S/C26H35N3OS/c1-8-17-15-31-24-28-21(20-11-9-10-12-27-20)22(29(17)24)16-13-18(25(2,3)4)23(30)19(14-16)26(5,6)7/h9-14,17,21-22,30H,8,15H2,1-7H3/t17-,21-,22+/m1/s1. The zero-order valence-electron chi connectivity index (χ0n) is 19.8. The Morgan fingerprint density at radius 3 is 2.23 bits per heavy atom. The molecule has 0 amide bonds. The monoisotopic (exact) mass is 437 g/mol. The number of phenolic OH excluding ortho intramolecular Hbond substituents is 1. The first-order valence-corrected chi connectivity index (χ1v) is 12.3. The van der Waals surface area contributed by atoms with Gasteiger partial charge in [0, 0.05) is 18.0 Å². The maximum atomic E-state index is 11.2.